The number of hydrogen-bond donors (Lipinski definition) is 2. The molecule has 1 aliphatic rings. The number of carbonyl (C=O) groups excluding carboxylic acids is 2. The van der Waals surface area contributed by atoms with Crippen LogP contribution in [0.2, 0.25) is 0 Å². The summed E-state index contributed by atoms with van der Waals surface area (Å²) in [6, 6.07) is 5.21. The number of methoxy groups -OCH3 is 1. The molecule has 0 aliphatic carbocycles. The third kappa shape index (κ3) is 3.99. The molecule has 0 aromatic carbocycles. The second kappa shape index (κ2) is 8.19. The largest absolute Gasteiger partial charge is 0.377 e. The second-order valence-electron chi connectivity index (χ2n) is 6.44. The van der Waals surface area contributed by atoms with Gasteiger partial charge < -0.3 is 19.5 Å². The molecule has 0 saturated heterocycles. The Kier molecular flexibility index (Phi) is 5.29. The van der Waals surface area contributed by atoms with Crippen molar-refractivity contribution in [3.05, 3.63) is 58.8 Å². The summed E-state index contributed by atoms with van der Waals surface area (Å²) in [7, 11) is 1.53. The molecule has 0 radical (unpaired) electrons. The van der Waals surface area contributed by atoms with Crippen LogP contribution < -0.4 is 5.32 Å². The zero-order valence-corrected chi connectivity index (χ0v) is 15.7. The normalized spacial score (nSPS) is 13.2. The minimum Gasteiger partial charge on any atom is -0.377 e. The number of hydrogen-bond acceptors (Lipinski definition) is 8. The number of carbonyl (C=O) groups is 2. The number of amides is 2. The number of nitrogens with one attached hydrogen (secondary N) is 2. The number of aromatic nitrogens is 5. The summed E-state index contributed by atoms with van der Waals surface area (Å²) in [5.41, 5.74) is 2.24. The molecule has 2 amide bonds. The summed E-state index contributed by atoms with van der Waals surface area (Å²) in [5, 5.41) is 13.5. The van der Waals surface area contributed by atoms with Gasteiger partial charge in [0.25, 0.3) is 11.8 Å². The third-order valence-corrected chi connectivity index (χ3v) is 4.50. The van der Waals surface area contributed by atoms with Crippen LogP contribution in [0.15, 0.2) is 28.9 Å². The van der Waals surface area contributed by atoms with Crippen LogP contribution in [-0.4, -0.2) is 55.7 Å². The molecule has 0 fully saturated rings. The fourth-order valence-corrected chi connectivity index (χ4v) is 3.12. The van der Waals surface area contributed by atoms with Crippen LogP contribution in [0.4, 0.5) is 0 Å². The average molecular weight is 397 g/mol. The summed E-state index contributed by atoms with van der Waals surface area (Å²) in [6.07, 6.45) is 2.11. The first-order chi connectivity index (χ1) is 14.2. The standard InChI is InChI=1S/C18H19N7O4/c1-28-10-14-21-15(29-24-14)8-20-17(26)16-11-5-7-25(9-13(11)22-23-16)18(27)12-4-2-3-6-19-12/h2-4,6H,5,7-10H2,1H3,(H,20,26)(H,22,23). The number of H-pyrrole nitrogens is 1. The minimum absolute atomic E-state index is 0.0848. The maximum Gasteiger partial charge on any atom is 0.272 e. The molecule has 4 rings (SSSR count). The lowest BCUT2D eigenvalue weighted by Crippen LogP contribution is -2.37. The molecule has 4 heterocycles. The highest BCUT2D eigenvalue weighted by molar-refractivity contribution is 5.95. The number of ether oxygens (including phenoxy) is 1. The van der Waals surface area contributed by atoms with Crippen molar-refractivity contribution in [1.82, 2.24) is 35.5 Å². The smallest absolute Gasteiger partial charge is 0.272 e. The number of aromatic amines is 1. The van der Waals surface area contributed by atoms with Gasteiger partial charge in [0.15, 0.2) is 11.5 Å². The van der Waals surface area contributed by atoms with Crippen molar-refractivity contribution >= 4 is 11.8 Å². The molecular weight excluding hydrogens is 378 g/mol. The van der Waals surface area contributed by atoms with Crippen LogP contribution in [0.25, 0.3) is 0 Å². The first-order valence-corrected chi connectivity index (χ1v) is 9.00. The number of fused-ring (bicyclic) bond motifs is 1. The van der Waals surface area contributed by atoms with Crippen molar-refractivity contribution in [3.63, 3.8) is 0 Å². The summed E-state index contributed by atoms with van der Waals surface area (Å²) in [6.45, 7) is 1.14. The average Bonchev–Trinajstić information content (AvgIpc) is 3.39. The lowest BCUT2D eigenvalue weighted by Gasteiger charge is -2.26. The Hall–Kier alpha value is -3.60. The molecular formula is C18H19N7O4. The first kappa shape index (κ1) is 18.7. The van der Waals surface area contributed by atoms with Crippen LogP contribution in [0.1, 0.15) is 43.9 Å². The van der Waals surface area contributed by atoms with Crippen molar-refractivity contribution in [2.45, 2.75) is 26.1 Å². The summed E-state index contributed by atoms with van der Waals surface area (Å²) >= 11 is 0. The molecule has 0 saturated carbocycles. The van der Waals surface area contributed by atoms with E-state index in [1.807, 2.05) is 0 Å². The van der Waals surface area contributed by atoms with Crippen LogP contribution in [0.5, 0.6) is 0 Å². The zero-order valence-electron chi connectivity index (χ0n) is 15.7. The maximum atomic E-state index is 12.6. The van der Waals surface area contributed by atoms with Crippen LogP contribution >= 0.6 is 0 Å². The lowest BCUT2D eigenvalue weighted by molar-refractivity contribution is 0.0726. The summed E-state index contributed by atoms with van der Waals surface area (Å²) in [5.74, 6) is 0.187. The van der Waals surface area contributed by atoms with Crippen LogP contribution in [0.3, 0.4) is 0 Å². The Morgan fingerprint density at radius 1 is 1.38 bits per heavy atom. The third-order valence-electron chi connectivity index (χ3n) is 4.50. The molecule has 0 atom stereocenters. The number of rotatable bonds is 6. The summed E-state index contributed by atoms with van der Waals surface area (Å²) < 4.78 is 9.97. The van der Waals surface area contributed by atoms with Crippen molar-refractivity contribution in [3.8, 4) is 0 Å². The fraction of sp³-hybridized carbons (Fsp3) is 0.333. The van der Waals surface area contributed by atoms with Gasteiger partial charge in [-0.25, -0.2) is 0 Å². The van der Waals surface area contributed by atoms with Crippen molar-refractivity contribution in [2.75, 3.05) is 13.7 Å². The van der Waals surface area contributed by atoms with E-state index in [4.69, 9.17) is 9.26 Å². The highest BCUT2D eigenvalue weighted by Crippen LogP contribution is 2.21. The van der Waals surface area contributed by atoms with Gasteiger partial charge in [0.2, 0.25) is 5.89 Å². The number of pyridine rings is 1. The molecule has 1 aliphatic heterocycles. The predicted octanol–water partition coefficient (Wildman–Crippen LogP) is 0.463. The molecule has 3 aromatic rings. The van der Waals surface area contributed by atoms with E-state index in [1.54, 1.807) is 29.3 Å². The molecule has 0 unspecified atom stereocenters. The van der Waals surface area contributed by atoms with Gasteiger partial charge in [-0.3, -0.25) is 19.7 Å². The quantitative estimate of drug-likeness (QED) is 0.612. The Morgan fingerprint density at radius 3 is 3.07 bits per heavy atom. The van der Waals surface area contributed by atoms with Crippen LogP contribution in [-0.2, 0) is 30.9 Å². The Bertz CT molecular complexity index is 1010. The van der Waals surface area contributed by atoms with Gasteiger partial charge in [-0.1, -0.05) is 11.2 Å². The zero-order chi connectivity index (χ0) is 20.2. The van der Waals surface area contributed by atoms with Gasteiger partial charge >= 0.3 is 0 Å². The maximum absolute atomic E-state index is 12.6. The van der Waals surface area contributed by atoms with Crippen molar-refractivity contribution < 1.29 is 18.8 Å². The molecule has 150 valence electrons. The number of nitrogens with zero attached hydrogens (tertiary/aromatic N) is 5. The monoisotopic (exact) mass is 397 g/mol. The van der Waals surface area contributed by atoms with Crippen molar-refractivity contribution in [2.24, 2.45) is 0 Å². The lowest BCUT2D eigenvalue weighted by atomic mass is 10.0. The van der Waals surface area contributed by atoms with Crippen LogP contribution in [0, 0.1) is 0 Å². The van der Waals surface area contributed by atoms with E-state index in [2.05, 4.69) is 30.6 Å². The van der Waals surface area contributed by atoms with E-state index in [9.17, 15) is 9.59 Å². The van der Waals surface area contributed by atoms with Gasteiger partial charge in [0.1, 0.15) is 12.3 Å². The van der Waals surface area contributed by atoms with Gasteiger partial charge in [0, 0.05) is 25.4 Å². The first-order valence-electron chi connectivity index (χ1n) is 9.00. The highest BCUT2D eigenvalue weighted by Gasteiger charge is 2.28. The van der Waals surface area contributed by atoms with Gasteiger partial charge in [0.05, 0.1) is 18.8 Å². The Labute approximate surface area is 165 Å². The Balaban J connectivity index is 1.39. The molecule has 11 nitrogen and oxygen atoms in total. The van der Waals surface area contributed by atoms with Crippen molar-refractivity contribution in [1.29, 1.82) is 0 Å². The molecule has 2 N–H and O–H groups in total. The van der Waals surface area contributed by atoms with E-state index in [-0.39, 0.29) is 30.9 Å². The molecule has 11 heteroatoms. The second-order valence-corrected chi connectivity index (χ2v) is 6.44. The molecule has 3 aromatic heterocycles. The molecule has 0 spiro atoms. The minimum atomic E-state index is -0.349. The van der Waals surface area contributed by atoms with E-state index >= 15 is 0 Å². The van der Waals surface area contributed by atoms with E-state index in [0.29, 0.717) is 36.7 Å². The van der Waals surface area contributed by atoms with Gasteiger partial charge in [-0.05, 0) is 18.6 Å². The van der Waals surface area contributed by atoms with Gasteiger partial charge in [-0.15, -0.1) is 0 Å². The Morgan fingerprint density at radius 2 is 2.28 bits per heavy atom. The van der Waals surface area contributed by atoms with E-state index < -0.39 is 0 Å². The summed E-state index contributed by atoms with van der Waals surface area (Å²) in [4.78, 5) is 35.0. The van der Waals surface area contributed by atoms with Gasteiger partial charge in [-0.2, -0.15) is 10.1 Å². The topological polar surface area (TPSA) is 139 Å². The van der Waals surface area contributed by atoms with E-state index in [1.165, 1.54) is 7.11 Å². The molecule has 0 bridgehead atoms. The van der Waals surface area contributed by atoms with E-state index in [0.717, 1.165) is 11.3 Å². The fourth-order valence-electron chi connectivity index (χ4n) is 3.12. The predicted molar refractivity (Wildman–Crippen MR) is 97.5 cm³/mol. The SMILES string of the molecule is COCc1noc(CNC(=O)c2n[nH]c3c2CCN(C(=O)c2ccccn2)C3)n1. The highest BCUT2D eigenvalue weighted by atomic mass is 16.5. The molecule has 29 heavy (non-hydrogen) atoms.